The Kier molecular flexibility index (Phi) is 4.71. The summed E-state index contributed by atoms with van der Waals surface area (Å²) in [5, 5.41) is 16.8. The van der Waals surface area contributed by atoms with Gasteiger partial charge in [0, 0.05) is 10.9 Å². The number of halogens is 3. The number of alkyl halides is 3. The number of aromatic nitrogens is 4. The molecular formula is C18H17F3N6O. The topological polar surface area (TPSA) is 86.8 Å². The largest absolute Gasteiger partial charge is 0.433 e. The van der Waals surface area contributed by atoms with Gasteiger partial charge in [-0.2, -0.15) is 18.3 Å². The molecule has 0 spiro atoms. The van der Waals surface area contributed by atoms with Crippen molar-refractivity contribution < 1.29 is 18.0 Å². The Morgan fingerprint density at radius 3 is 2.71 bits per heavy atom. The van der Waals surface area contributed by atoms with Crippen molar-refractivity contribution in [3.05, 3.63) is 36.2 Å². The van der Waals surface area contributed by atoms with Crippen molar-refractivity contribution in [3.63, 3.8) is 0 Å². The van der Waals surface area contributed by atoms with E-state index in [1.54, 1.807) is 18.2 Å². The molecule has 2 N–H and O–H groups in total. The molecule has 0 saturated carbocycles. The molecule has 3 heterocycles. The fraction of sp³-hybridized carbons (Fsp3) is 0.333. The zero-order valence-electron chi connectivity index (χ0n) is 14.8. The number of rotatable bonds is 4. The number of carbonyl (C=O) groups excluding carboxylic acids is 1. The van der Waals surface area contributed by atoms with Gasteiger partial charge in [0.1, 0.15) is 5.69 Å². The Hall–Kier alpha value is -3.01. The molecule has 0 radical (unpaired) electrons. The third-order valence-corrected chi connectivity index (χ3v) is 4.65. The zero-order valence-corrected chi connectivity index (χ0v) is 14.8. The molecule has 0 atom stereocenters. The Morgan fingerprint density at radius 1 is 1.18 bits per heavy atom. The Bertz CT molecular complexity index is 1010. The number of benzene rings is 1. The zero-order chi connectivity index (χ0) is 19.7. The van der Waals surface area contributed by atoms with Crippen molar-refractivity contribution in [2.24, 2.45) is 0 Å². The molecule has 3 aromatic rings. The SMILES string of the molecule is O=C(CN1CCCC1)Nc1cc2cc(-c3cn[nH]c3C(F)(F)F)ccc2nn1. The second-order valence-electron chi connectivity index (χ2n) is 6.69. The molecular weight excluding hydrogens is 373 g/mol. The van der Waals surface area contributed by atoms with Crippen molar-refractivity contribution >= 4 is 22.6 Å². The molecule has 4 rings (SSSR count). The summed E-state index contributed by atoms with van der Waals surface area (Å²) in [6.07, 6.45) is -1.23. The van der Waals surface area contributed by atoms with Gasteiger partial charge < -0.3 is 5.32 Å². The van der Waals surface area contributed by atoms with Crippen LogP contribution in [0.25, 0.3) is 22.0 Å². The van der Waals surface area contributed by atoms with Crippen molar-refractivity contribution in [2.45, 2.75) is 19.0 Å². The summed E-state index contributed by atoms with van der Waals surface area (Å²) in [6, 6.07) is 6.28. The molecule has 1 fully saturated rings. The van der Waals surface area contributed by atoms with Gasteiger partial charge in [-0.3, -0.25) is 14.8 Å². The van der Waals surface area contributed by atoms with Crippen LogP contribution in [0.3, 0.4) is 0 Å². The fourth-order valence-corrected chi connectivity index (χ4v) is 3.32. The van der Waals surface area contributed by atoms with Crippen molar-refractivity contribution in [1.29, 1.82) is 0 Å². The highest BCUT2D eigenvalue weighted by molar-refractivity contribution is 5.93. The van der Waals surface area contributed by atoms with E-state index in [0.29, 0.717) is 16.5 Å². The normalized spacial score (nSPS) is 15.2. The van der Waals surface area contributed by atoms with Gasteiger partial charge >= 0.3 is 6.18 Å². The van der Waals surface area contributed by atoms with Crippen molar-refractivity contribution in [2.75, 3.05) is 25.0 Å². The lowest BCUT2D eigenvalue weighted by Gasteiger charge is -2.13. The first-order valence-electron chi connectivity index (χ1n) is 8.81. The second kappa shape index (κ2) is 7.19. The Morgan fingerprint density at radius 2 is 1.96 bits per heavy atom. The van der Waals surface area contributed by atoms with E-state index >= 15 is 0 Å². The first kappa shape index (κ1) is 18.4. The lowest BCUT2D eigenvalue weighted by Crippen LogP contribution is -2.31. The fourth-order valence-electron chi connectivity index (χ4n) is 3.32. The predicted octanol–water partition coefficient (Wildman–Crippen LogP) is 3.07. The highest BCUT2D eigenvalue weighted by atomic mass is 19.4. The third-order valence-electron chi connectivity index (χ3n) is 4.65. The highest BCUT2D eigenvalue weighted by Crippen LogP contribution is 2.36. The number of anilines is 1. The maximum absolute atomic E-state index is 13.1. The lowest BCUT2D eigenvalue weighted by molar-refractivity contribution is -0.140. The van der Waals surface area contributed by atoms with Crippen molar-refractivity contribution in [1.82, 2.24) is 25.3 Å². The molecule has 1 saturated heterocycles. The van der Waals surface area contributed by atoms with Crippen LogP contribution in [-0.4, -0.2) is 50.8 Å². The van der Waals surface area contributed by atoms with Crippen LogP contribution in [0.1, 0.15) is 18.5 Å². The van der Waals surface area contributed by atoms with Crippen LogP contribution >= 0.6 is 0 Å². The summed E-state index contributed by atoms with van der Waals surface area (Å²) >= 11 is 0. The Labute approximate surface area is 157 Å². The Balaban J connectivity index is 1.59. The standard InChI is InChI=1S/C18H17F3N6O/c19-18(20,21)17-13(9-22-26-17)11-3-4-14-12(7-11)8-15(25-24-14)23-16(28)10-27-5-1-2-6-27/h3-4,7-9H,1-2,5-6,10H2,(H,22,26)(H,23,25,28). The monoisotopic (exact) mass is 390 g/mol. The van der Waals surface area contributed by atoms with Gasteiger partial charge in [-0.1, -0.05) is 6.07 Å². The quantitative estimate of drug-likeness (QED) is 0.715. The van der Waals surface area contributed by atoms with Gasteiger partial charge in [0.15, 0.2) is 5.82 Å². The van der Waals surface area contributed by atoms with Crippen LogP contribution in [0, 0.1) is 0 Å². The van der Waals surface area contributed by atoms with E-state index in [2.05, 4.69) is 25.5 Å². The minimum absolute atomic E-state index is 0.0502. The molecule has 1 aliphatic rings. The summed E-state index contributed by atoms with van der Waals surface area (Å²) in [7, 11) is 0. The van der Waals surface area contributed by atoms with E-state index in [1.807, 2.05) is 5.10 Å². The van der Waals surface area contributed by atoms with E-state index in [-0.39, 0.29) is 23.8 Å². The van der Waals surface area contributed by atoms with Crippen LogP contribution in [0.2, 0.25) is 0 Å². The molecule has 146 valence electrons. The molecule has 2 aromatic heterocycles. The number of aromatic amines is 1. The number of likely N-dealkylation sites (tertiary alicyclic amines) is 1. The van der Waals surface area contributed by atoms with E-state index in [1.165, 1.54) is 6.07 Å². The summed E-state index contributed by atoms with van der Waals surface area (Å²) < 4.78 is 39.3. The minimum Gasteiger partial charge on any atom is -0.308 e. The first-order valence-corrected chi connectivity index (χ1v) is 8.81. The maximum Gasteiger partial charge on any atom is 0.433 e. The number of nitrogens with one attached hydrogen (secondary N) is 2. The number of H-pyrrole nitrogens is 1. The summed E-state index contributed by atoms with van der Waals surface area (Å²) in [4.78, 5) is 14.2. The van der Waals surface area contributed by atoms with Crippen LogP contribution in [-0.2, 0) is 11.0 Å². The number of hydrogen-bond donors (Lipinski definition) is 2. The van der Waals surface area contributed by atoms with Crippen molar-refractivity contribution in [3.8, 4) is 11.1 Å². The van der Waals surface area contributed by atoms with Gasteiger partial charge in [-0.05, 0) is 49.7 Å². The van der Waals surface area contributed by atoms with E-state index in [0.717, 1.165) is 32.1 Å². The molecule has 1 aliphatic heterocycles. The van der Waals surface area contributed by atoms with E-state index in [4.69, 9.17) is 0 Å². The van der Waals surface area contributed by atoms with Gasteiger partial charge in [0.2, 0.25) is 5.91 Å². The molecule has 1 amide bonds. The molecule has 1 aromatic carbocycles. The predicted molar refractivity (Wildman–Crippen MR) is 96.4 cm³/mol. The number of amides is 1. The second-order valence-corrected chi connectivity index (χ2v) is 6.69. The van der Waals surface area contributed by atoms with Gasteiger partial charge in [0.25, 0.3) is 0 Å². The van der Waals surface area contributed by atoms with Gasteiger partial charge in [0.05, 0.1) is 18.3 Å². The van der Waals surface area contributed by atoms with E-state index < -0.39 is 11.9 Å². The van der Waals surface area contributed by atoms with Crippen LogP contribution in [0.5, 0.6) is 0 Å². The number of hydrogen-bond acceptors (Lipinski definition) is 5. The number of nitrogens with zero attached hydrogens (tertiary/aromatic N) is 4. The molecule has 0 bridgehead atoms. The molecule has 0 aliphatic carbocycles. The maximum atomic E-state index is 13.1. The van der Waals surface area contributed by atoms with E-state index in [9.17, 15) is 18.0 Å². The summed E-state index contributed by atoms with van der Waals surface area (Å²) in [5.41, 5.74) is -0.104. The molecule has 28 heavy (non-hydrogen) atoms. The number of fused-ring (bicyclic) bond motifs is 1. The average molecular weight is 390 g/mol. The van der Waals surface area contributed by atoms with Gasteiger partial charge in [-0.15, -0.1) is 10.2 Å². The molecule has 0 unspecified atom stereocenters. The van der Waals surface area contributed by atoms with Crippen LogP contribution in [0.4, 0.5) is 19.0 Å². The summed E-state index contributed by atoms with van der Waals surface area (Å²) in [6.45, 7) is 2.07. The van der Waals surface area contributed by atoms with Crippen LogP contribution in [0.15, 0.2) is 30.5 Å². The third kappa shape index (κ3) is 3.81. The lowest BCUT2D eigenvalue weighted by atomic mass is 10.0. The summed E-state index contributed by atoms with van der Waals surface area (Å²) in [5.74, 6) is 0.0676. The average Bonchev–Trinajstić information content (AvgIpc) is 3.32. The van der Waals surface area contributed by atoms with Gasteiger partial charge in [-0.25, -0.2) is 0 Å². The number of carbonyl (C=O) groups is 1. The first-order chi connectivity index (χ1) is 13.4. The smallest absolute Gasteiger partial charge is 0.308 e. The highest BCUT2D eigenvalue weighted by Gasteiger charge is 2.35. The molecule has 7 nitrogen and oxygen atoms in total. The minimum atomic E-state index is -4.54. The van der Waals surface area contributed by atoms with Crippen LogP contribution < -0.4 is 5.32 Å². The molecule has 10 heteroatoms.